The number of hydrogen-bond acceptors (Lipinski definition) is 5. The van der Waals surface area contributed by atoms with E-state index in [1.54, 1.807) is 17.6 Å². The smallest absolute Gasteiger partial charge is 0.270 e. The molecule has 3 aliphatic rings. The van der Waals surface area contributed by atoms with Crippen LogP contribution < -0.4 is 5.32 Å². The number of piperidine rings is 3. The molecule has 2 unspecified atom stereocenters. The largest absolute Gasteiger partial charge is 0.346 e. The van der Waals surface area contributed by atoms with Crippen LogP contribution in [0.2, 0.25) is 0 Å². The molecule has 0 spiro atoms. The maximum atomic E-state index is 12.6. The second-order valence-electron chi connectivity index (χ2n) is 6.49. The number of amides is 1. The van der Waals surface area contributed by atoms with E-state index in [1.165, 1.54) is 11.3 Å². The molecule has 23 heavy (non-hydrogen) atoms. The third-order valence-corrected chi connectivity index (χ3v) is 6.28. The molecule has 2 atom stereocenters. The van der Waals surface area contributed by atoms with E-state index in [2.05, 4.69) is 22.1 Å². The summed E-state index contributed by atoms with van der Waals surface area (Å²) in [7, 11) is 0. The number of fused-ring (bicyclic) bond motifs is 4. The van der Waals surface area contributed by atoms with Crippen LogP contribution in [0.15, 0.2) is 17.6 Å². The summed E-state index contributed by atoms with van der Waals surface area (Å²) in [6.07, 6.45) is 4.82. The van der Waals surface area contributed by atoms with Crippen LogP contribution in [0.25, 0.3) is 10.1 Å². The molecule has 5 heterocycles. The van der Waals surface area contributed by atoms with Crippen LogP contribution in [0.4, 0.5) is 0 Å². The zero-order valence-electron chi connectivity index (χ0n) is 13.0. The number of pyridine rings is 1. The molecule has 0 aliphatic carbocycles. The highest BCUT2D eigenvalue weighted by Gasteiger charge is 2.40. The van der Waals surface area contributed by atoms with Crippen molar-refractivity contribution in [2.45, 2.75) is 31.8 Å². The molecular formula is C17H19N3O2S. The van der Waals surface area contributed by atoms with Crippen LogP contribution in [0.3, 0.4) is 0 Å². The Morgan fingerprint density at radius 2 is 2.22 bits per heavy atom. The van der Waals surface area contributed by atoms with Crippen molar-refractivity contribution < 1.29 is 9.59 Å². The molecule has 6 heteroatoms. The second kappa shape index (κ2) is 5.69. The van der Waals surface area contributed by atoms with Crippen molar-refractivity contribution in [3.05, 3.63) is 28.9 Å². The lowest BCUT2D eigenvalue weighted by Crippen LogP contribution is -2.62. The first-order valence-electron chi connectivity index (χ1n) is 8.04. The van der Waals surface area contributed by atoms with Gasteiger partial charge in [-0.05, 0) is 44.8 Å². The fourth-order valence-corrected chi connectivity index (χ4v) is 4.79. The van der Waals surface area contributed by atoms with Gasteiger partial charge in [-0.3, -0.25) is 14.5 Å². The van der Waals surface area contributed by atoms with E-state index in [4.69, 9.17) is 0 Å². The van der Waals surface area contributed by atoms with Crippen molar-refractivity contribution in [3.63, 3.8) is 0 Å². The molecule has 3 fully saturated rings. The highest BCUT2D eigenvalue weighted by Crippen LogP contribution is 2.32. The molecule has 1 N–H and O–H groups in total. The zero-order valence-corrected chi connectivity index (χ0v) is 13.8. The second-order valence-corrected chi connectivity index (χ2v) is 7.40. The summed E-state index contributed by atoms with van der Waals surface area (Å²) in [5.74, 6) is 0.426. The summed E-state index contributed by atoms with van der Waals surface area (Å²) < 4.78 is 0.930. The van der Waals surface area contributed by atoms with Crippen molar-refractivity contribution in [1.82, 2.24) is 15.2 Å². The van der Waals surface area contributed by atoms with E-state index in [9.17, 15) is 9.59 Å². The number of carbonyl (C=O) groups is 2. The van der Waals surface area contributed by atoms with E-state index < -0.39 is 0 Å². The lowest BCUT2D eigenvalue weighted by Gasteiger charge is -2.49. The molecule has 2 bridgehead atoms. The summed E-state index contributed by atoms with van der Waals surface area (Å²) in [5.41, 5.74) is 1.01. The molecule has 120 valence electrons. The summed E-state index contributed by atoms with van der Waals surface area (Å²) >= 11 is 1.47. The van der Waals surface area contributed by atoms with E-state index in [-0.39, 0.29) is 11.9 Å². The van der Waals surface area contributed by atoms with Gasteiger partial charge in [0.2, 0.25) is 0 Å². The zero-order chi connectivity index (χ0) is 16.0. The Kier molecular flexibility index (Phi) is 3.66. The topological polar surface area (TPSA) is 62.3 Å². The summed E-state index contributed by atoms with van der Waals surface area (Å²) in [4.78, 5) is 30.4. The Morgan fingerprint density at radius 3 is 2.91 bits per heavy atom. The molecule has 0 saturated carbocycles. The standard InChI is InChI=1S/C17H19N3O2S/c1-10-16(11-2-4-20(10)5-3-11)19-17(22)14-6-13-12(8-21)9-23-15(13)7-18-14/h6-11,16H,2-5H2,1H3,(H,19,22). The van der Waals surface area contributed by atoms with Gasteiger partial charge >= 0.3 is 0 Å². The quantitative estimate of drug-likeness (QED) is 0.878. The minimum Gasteiger partial charge on any atom is -0.346 e. The molecule has 3 aliphatic heterocycles. The molecule has 5 nitrogen and oxygen atoms in total. The molecule has 0 aromatic carbocycles. The third kappa shape index (κ3) is 2.46. The van der Waals surface area contributed by atoms with Crippen LogP contribution in [-0.4, -0.2) is 47.3 Å². The van der Waals surface area contributed by atoms with E-state index in [1.807, 2.05) is 0 Å². The van der Waals surface area contributed by atoms with Gasteiger partial charge in [0.25, 0.3) is 5.91 Å². The number of nitrogens with one attached hydrogen (secondary N) is 1. The van der Waals surface area contributed by atoms with Gasteiger partial charge in [-0.25, -0.2) is 4.98 Å². The molecule has 1 amide bonds. The van der Waals surface area contributed by atoms with E-state index >= 15 is 0 Å². The lowest BCUT2D eigenvalue weighted by molar-refractivity contribution is 0.0216. The van der Waals surface area contributed by atoms with E-state index in [0.717, 1.165) is 42.3 Å². The lowest BCUT2D eigenvalue weighted by atomic mass is 9.79. The minimum atomic E-state index is -0.138. The predicted molar refractivity (Wildman–Crippen MR) is 90.0 cm³/mol. The number of aromatic nitrogens is 1. The first-order chi connectivity index (χ1) is 11.2. The van der Waals surface area contributed by atoms with Crippen molar-refractivity contribution >= 4 is 33.6 Å². The van der Waals surface area contributed by atoms with Crippen LogP contribution in [0.5, 0.6) is 0 Å². The van der Waals surface area contributed by atoms with Crippen molar-refractivity contribution in [3.8, 4) is 0 Å². The molecular weight excluding hydrogens is 310 g/mol. The van der Waals surface area contributed by atoms with Crippen molar-refractivity contribution in [2.75, 3.05) is 13.1 Å². The third-order valence-electron chi connectivity index (χ3n) is 5.33. The van der Waals surface area contributed by atoms with Gasteiger partial charge in [-0.2, -0.15) is 0 Å². The fraction of sp³-hybridized carbons (Fsp3) is 0.471. The maximum absolute atomic E-state index is 12.6. The Labute approximate surface area is 138 Å². The van der Waals surface area contributed by atoms with Crippen LogP contribution in [0.1, 0.15) is 40.6 Å². The number of carbonyl (C=O) groups excluding carboxylic acids is 2. The van der Waals surface area contributed by atoms with Crippen LogP contribution in [0, 0.1) is 5.92 Å². The highest BCUT2D eigenvalue weighted by atomic mass is 32.1. The average molecular weight is 329 g/mol. The summed E-state index contributed by atoms with van der Waals surface area (Å²) in [6, 6.07) is 2.30. The Bertz CT molecular complexity index is 762. The summed E-state index contributed by atoms with van der Waals surface area (Å²) in [6.45, 7) is 4.47. The van der Waals surface area contributed by atoms with Gasteiger partial charge in [0, 0.05) is 34.6 Å². The molecule has 5 rings (SSSR count). The Balaban J connectivity index is 1.58. The number of aldehydes is 1. The molecule has 2 aromatic heterocycles. The van der Waals surface area contributed by atoms with Crippen molar-refractivity contribution in [1.29, 1.82) is 0 Å². The number of nitrogens with zero attached hydrogens (tertiary/aromatic N) is 2. The first-order valence-corrected chi connectivity index (χ1v) is 8.92. The minimum absolute atomic E-state index is 0.138. The van der Waals surface area contributed by atoms with Gasteiger partial charge in [0.1, 0.15) is 5.69 Å². The van der Waals surface area contributed by atoms with Crippen molar-refractivity contribution in [2.24, 2.45) is 5.92 Å². The van der Waals surface area contributed by atoms with Crippen LogP contribution >= 0.6 is 11.3 Å². The number of thiophene rings is 1. The molecule has 0 radical (unpaired) electrons. The van der Waals surface area contributed by atoms with Gasteiger partial charge in [-0.15, -0.1) is 11.3 Å². The van der Waals surface area contributed by atoms with E-state index in [0.29, 0.717) is 23.2 Å². The molecule has 3 saturated heterocycles. The SMILES string of the molecule is CC1C(NC(=O)c2cc3c(C=O)csc3cn2)C2CCN1CC2. The Morgan fingerprint density at radius 1 is 1.43 bits per heavy atom. The summed E-state index contributed by atoms with van der Waals surface area (Å²) in [5, 5.41) is 5.80. The first kappa shape index (κ1) is 14.8. The monoisotopic (exact) mass is 329 g/mol. The van der Waals surface area contributed by atoms with Gasteiger partial charge in [0.15, 0.2) is 6.29 Å². The average Bonchev–Trinajstić information content (AvgIpc) is 3.00. The predicted octanol–water partition coefficient (Wildman–Crippen LogP) is 2.32. The normalized spacial score (nSPS) is 29.6. The Hall–Kier alpha value is -1.79. The van der Waals surface area contributed by atoms with Gasteiger partial charge in [0.05, 0.1) is 4.70 Å². The number of hydrogen-bond donors (Lipinski definition) is 1. The highest BCUT2D eigenvalue weighted by molar-refractivity contribution is 7.17. The molecule has 2 aromatic rings. The van der Waals surface area contributed by atoms with Gasteiger partial charge in [-0.1, -0.05) is 0 Å². The fourth-order valence-electron chi connectivity index (χ4n) is 3.94. The maximum Gasteiger partial charge on any atom is 0.270 e. The number of rotatable bonds is 3. The van der Waals surface area contributed by atoms with Gasteiger partial charge < -0.3 is 5.32 Å². The van der Waals surface area contributed by atoms with Crippen LogP contribution in [-0.2, 0) is 0 Å².